The monoisotopic (exact) mass is 412 g/mol. The molecule has 3 atom stereocenters. The van der Waals surface area contributed by atoms with Crippen molar-refractivity contribution in [3.05, 3.63) is 41.5 Å². The zero-order chi connectivity index (χ0) is 22.0. The summed E-state index contributed by atoms with van der Waals surface area (Å²) in [6, 6.07) is 4.71. The van der Waals surface area contributed by atoms with Gasteiger partial charge in [-0.25, -0.2) is 4.79 Å². The van der Waals surface area contributed by atoms with Crippen molar-refractivity contribution in [2.45, 2.75) is 52.5 Å². The summed E-state index contributed by atoms with van der Waals surface area (Å²) in [4.78, 5) is 51.0. The van der Waals surface area contributed by atoms with Crippen molar-refractivity contribution >= 4 is 29.4 Å². The lowest BCUT2D eigenvalue weighted by atomic mass is 9.85. The molecule has 160 valence electrons. The molecule has 1 saturated heterocycles. The van der Waals surface area contributed by atoms with Crippen LogP contribution in [0.3, 0.4) is 0 Å². The van der Waals surface area contributed by atoms with E-state index in [1.165, 1.54) is 6.92 Å². The number of ether oxygens (including phenoxy) is 1. The largest absolute Gasteiger partial charge is 0.454 e. The first-order chi connectivity index (χ1) is 14.2. The molecule has 1 aromatic carbocycles. The molecule has 0 bridgehead atoms. The average molecular weight is 412 g/mol. The van der Waals surface area contributed by atoms with Crippen LogP contribution in [0.2, 0.25) is 0 Å². The molecule has 1 aliphatic heterocycles. The van der Waals surface area contributed by atoms with Gasteiger partial charge in [0.15, 0.2) is 6.61 Å². The summed E-state index contributed by atoms with van der Waals surface area (Å²) < 4.78 is 5.13. The minimum Gasteiger partial charge on any atom is -0.454 e. The van der Waals surface area contributed by atoms with Crippen LogP contribution in [0, 0.1) is 18.8 Å². The van der Waals surface area contributed by atoms with E-state index >= 15 is 0 Å². The molecule has 3 amide bonds. The molecular formula is C23H28N2O5. The van der Waals surface area contributed by atoms with E-state index in [-0.39, 0.29) is 17.7 Å². The van der Waals surface area contributed by atoms with E-state index in [0.717, 1.165) is 16.0 Å². The maximum atomic E-state index is 12.6. The maximum absolute atomic E-state index is 12.6. The zero-order valence-corrected chi connectivity index (χ0v) is 17.8. The van der Waals surface area contributed by atoms with Crippen molar-refractivity contribution in [2.24, 2.45) is 11.8 Å². The number of likely N-dealkylation sites (tertiary alicyclic amines) is 1. The van der Waals surface area contributed by atoms with Gasteiger partial charge in [0.05, 0.1) is 11.8 Å². The SMILES string of the molecule is Cc1cccc(C(C)C)c1NC(=O)COC(=O)[C@H](C)N1C(=O)[C@H]2CC=CC[C@H]2C1=O. The van der Waals surface area contributed by atoms with Crippen molar-refractivity contribution in [1.29, 1.82) is 0 Å². The molecule has 7 heteroatoms. The van der Waals surface area contributed by atoms with E-state index in [1.807, 2.05) is 51.1 Å². The van der Waals surface area contributed by atoms with Crippen molar-refractivity contribution in [2.75, 3.05) is 11.9 Å². The highest BCUT2D eigenvalue weighted by molar-refractivity contribution is 6.08. The van der Waals surface area contributed by atoms with Crippen LogP contribution in [0.15, 0.2) is 30.4 Å². The van der Waals surface area contributed by atoms with Crippen LogP contribution in [-0.2, 0) is 23.9 Å². The number of hydrogen-bond acceptors (Lipinski definition) is 5. The number of aryl methyl sites for hydroxylation is 1. The highest BCUT2D eigenvalue weighted by Crippen LogP contribution is 2.36. The number of carbonyl (C=O) groups is 4. The lowest BCUT2D eigenvalue weighted by Gasteiger charge is -2.21. The number of imide groups is 1. The molecule has 0 unspecified atom stereocenters. The van der Waals surface area contributed by atoms with Gasteiger partial charge in [0, 0.05) is 5.69 Å². The third kappa shape index (κ3) is 4.15. The summed E-state index contributed by atoms with van der Waals surface area (Å²) >= 11 is 0. The quantitative estimate of drug-likeness (QED) is 0.441. The van der Waals surface area contributed by atoms with E-state index < -0.39 is 36.4 Å². The summed E-state index contributed by atoms with van der Waals surface area (Å²) in [7, 11) is 0. The molecule has 1 aliphatic carbocycles. The van der Waals surface area contributed by atoms with Crippen LogP contribution in [0.5, 0.6) is 0 Å². The first kappa shape index (κ1) is 21.7. The van der Waals surface area contributed by atoms with Crippen LogP contribution in [0.4, 0.5) is 5.69 Å². The lowest BCUT2D eigenvalue weighted by molar-refractivity contribution is -0.159. The normalized spacial score (nSPS) is 21.6. The number of fused-ring (bicyclic) bond motifs is 1. The van der Waals surface area contributed by atoms with Crippen molar-refractivity contribution in [3.63, 3.8) is 0 Å². The van der Waals surface area contributed by atoms with E-state index in [9.17, 15) is 19.2 Å². The molecule has 1 N–H and O–H groups in total. The molecule has 30 heavy (non-hydrogen) atoms. The molecule has 2 aliphatic rings. The number of carbonyl (C=O) groups excluding carboxylic acids is 4. The molecule has 0 aromatic heterocycles. The number of anilines is 1. The number of nitrogens with zero attached hydrogens (tertiary/aromatic N) is 1. The Hall–Kier alpha value is -2.96. The number of esters is 1. The van der Waals surface area contributed by atoms with Gasteiger partial charge in [-0.2, -0.15) is 0 Å². The Balaban J connectivity index is 1.60. The summed E-state index contributed by atoms with van der Waals surface area (Å²) in [5.74, 6) is -2.52. The Morgan fingerprint density at radius 1 is 1.10 bits per heavy atom. The molecular weight excluding hydrogens is 384 g/mol. The number of benzene rings is 1. The van der Waals surface area contributed by atoms with Gasteiger partial charge in [-0.05, 0) is 43.7 Å². The standard InChI is InChI=1S/C23H28N2O5/c1-13(2)16-11-7-8-14(3)20(16)24-19(26)12-30-23(29)15(4)25-21(27)17-9-5-6-10-18(17)22(25)28/h5-8,11,13,15,17-18H,9-10,12H2,1-4H3,(H,24,26)/t15-,17-,18+/m0/s1. The van der Waals surface area contributed by atoms with Gasteiger partial charge in [-0.15, -0.1) is 0 Å². The fraction of sp³-hybridized carbons (Fsp3) is 0.478. The smallest absolute Gasteiger partial charge is 0.329 e. The lowest BCUT2D eigenvalue weighted by Crippen LogP contribution is -2.45. The van der Waals surface area contributed by atoms with Crippen molar-refractivity contribution in [1.82, 2.24) is 4.90 Å². The van der Waals surface area contributed by atoms with Gasteiger partial charge in [-0.3, -0.25) is 19.3 Å². The third-order valence-corrected chi connectivity index (χ3v) is 5.81. The van der Waals surface area contributed by atoms with Crippen LogP contribution in [-0.4, -0.2) is 41.2 Å². The Morgan fingerprint density at radius 2 is 1.70 bits per heavy atom. The molecule has 1 fully saturated rings. The topological polar surface area (TPSA) is 92.8 Å². The fourth-order valence-corrected chi connectivity index (χ4v) is 4.09. The number of amides is 3. The Kier molecular flexibility index (Phi) is 6.39. The van der Waals surface area contributed by atoms with Gasteiger partial charge in [0.1, 0.15) is 6.04 Å². The van der Waals surface area contributed by atoms with Gasteiger partial charge in [0.25, 0.3) is 5.91 Å². The van der Waals surface area contributed by atoms with E-state index in [1.54, 1.807) is 0 Å². The second-order valence-corrected chi connectivity index (χ2v) is 8.23. The number of para-hydroxylation sites is 1. The fourth-order valence-electron chi connectivity index (χ4n) is 4.09. The van der Waals surface area contributed by atoms with Gasteiger partial charge in [-0.1, -0.05) is 44.2 Å². The van der Waals surface area contributed by atoms with Crippen LogP contribution in [0.25, 0.3) is 0 Å². The first-order valence-electron chi connectivity index (χ1n) is 10.3. The molecule has 7 nitrogen and oxygen atoms in total. The zero-order valence-electron chi connectivity index (χ0n) is 17.8. The van der Waals surface area contributed by atoms with Crippen LogP contribution >= 0.6 is 0 Å². The molecule has 0 radical (unpaired) electrons. The Labute approximate surface area is 176 Å². The Bertz CT molecular complexity index is 879. The van der Waals surface area contributed by atoms with E-state index in [4.69, 9.17) is 4.74 Å². The predicted octanol–water partition coefficient (Wildman–Crippen LogP) is 2.94. The van der Waals surface area contributed by atoms with Crippen molar-refractivity contribution < 1.29 is 23.9 Å². The summed E-state index contributed by atoms with van der Waals surface area (Å²) in [5.41, 5.74) is 2.62. The summed E-state index contributed by atoms with van der Waals surface area (Å²) in [5, 5.41) is 2.81. The molecule has 1 aromatic rings. The van der Waals surface area contributed by atoms with Gasteiger partial charge >= 0.3 is 5.97 Å². The predicted molar refractivity (Wildman–Crippen MR) is 112 cm³/mol. The number of nitrogens with one attached hydrogen (secondary N) is 1. The third-order valence-electron chi connectivity index (χ3n) is 5.81. The number of allylic oxidation sites excluding steroid dienone is 2. The maximum Gasteiger partial charge on any atom is 0.329 e. The molecule has 0 spiro atoms. The molecule has 1 heterocycles. The minimum absolute atomic E-state index is 0.216. The van der Waals surface area contributed by atoms with Gasteiger partial charge < -0.3 is 10.1 Å². The summed E-state index contributed by atoms with van der Waals surface area (Å²) in [6.45, 7) is 6.93. The average Bonchev–Trinajstić information content (AvgIpc) is 2.97. The van der Waals surface area contributed by atoms with Crippen LogP contribution in [0.1, 0.15) is 50.7 Å². The van der Waals surface area contributed by atoms with E-state index in [2.05, 4.69) is 5.32 Å². The summed E-state index contributed by atoms with van der Waals surface area (Å²) in [6.07, 6.45) is 4.79. The highest BCUT2D eigenvalue weighted by Gasteiger charge is 2.50. The van der Waals surface area contributed by atoms with Gasteiger partial charge in [0.2, 0.25) is 11.8 Å². The second-order valence-electron chi connectivity index (χ2n) is 8.23. The number of rotatable bonds is 6. The molecule has 0 saturated carbocycles. The van der Waals surface area contributed by atoms with E-state index in [0.29, 0.717) is 18.5 Å². The van der Waals surface area contributed by atoms with Crippen LogP contribution < -0.4 is 5.32 Å². The first-order valence-corrected chi connectivity index (χ1v) is 10.3. The second kappa shape index (κ2) is 8.81. The Morgan fingerprint density at radius 3 is 2.27 bits per heavy atom. The molecule has 3 rings (SSSR count). The van der Waals surface area contributed by atoms with Crippen molar-refractivity contribution in [3.8, 4) is 0 Å². The minimum atomic E-state index is -1.06. The highest BCUT2D eigenvalue weighted by atomic mass is 16.5. The number of hydrogen-bond donors (Lipinski definition) is 1.